The Morgan fingerprint density at radius 3 is 2.21 bits per heavy atom. The van der Waals surface area contributed by atoms with Crippen molar-refractivity contribution in [2.75, 3.05) is 13.6 Å². The molecule has 1 aromatic heterocycles. The van der Waals surface area contributed by atoms with E-state index >= 15 is 0 Å². The molecule has 3 N–H and O–H groups in total. The Labute approximate surface area is 231 Å². The third-order valence-corrected chi connectivity index (χ3v) is 4.91. The molecule has 0 saturated heterocycles. The maximum absolute atomic E-state index is 12.6. The average molecular weight is 529 g/mol. The van der Waals surface area contributed by atoms with Gasteiger partial charge >= 0.3 is 0 Å². The molecule has 0 fully saturated rings. The molecule has 214 valence electrons. The lowest BCUT2D eigenvalue weighted by molar-refractivity contribution is -0.122. The van der Waals surface area contributed by atoms with Gasteiger partial charge in [-0.25, -0.2) is 0 Å². The van der Waals surface area contributed by atoms with Crippen molar-refractivity contribution < 1.29 is 9.21 Å². The van der Waals surface area contributed by atoms with Crippen LogP contribution in [-0.4, -0.2) is 47.4 Å². The van der Waals surface area contributed by atoms with E-state index in [-0.39, 0.29) is 29.8 Å². The molecule has 1 amide bonds. The molecule has 0 aliphatic heterocycles. The number of likely N-dealkylation sites (N-methyl/N-ethyl adjacent to an activating group) is 1. The first kappa shape index (κ1) is 36.7. The van der Waals surface area contributed by atoms with Crippen molar-refractivity contribution in [1.82, 2.24) is 20.4 Å². The van der Waals surface area contributed by atoms with Crippen molar-refractivity contribution in [3.05, 3.63) is 66.3 Å². The van der Waals surface area contributed by atoms with Gasteiger partial charge in [-0.2, -0.15) is 0 Å². The van der Waals surface area contributed by atoms with Gasteiger partial charge in [0.1, 0.15) is 0 Å². The summed E-state index contributed by atoms with van der Waals surface area (Å²) in [6.45, 7) is 31.6. The zero-order chi connectivity index (χ0) is 30.1. The fourth-order valence-corrected chi connectivity index (χ4v) is 2.77. The summed E-state index contributed by atoms with van der Waals surface area (Å²) in [4.78, 5) is 17.8. The number of rotatable bonds is 11. The second-order valence-electron chi connectivity index (χ2n) is 10.1. The van der Waals surface area contributed by atoms with Gasteiger partial charge in [0.25, 0.3) is 0 Å². The summed E-state index contributed by atoms with van der Waals surface area (Å²) in [6.07, 6.45) is 8.87. The number of amides is 1. The number of aliphatic imine (C=N–C) groups is 1. The van der Waals surface area contributed by atoms with Gasteiger partial charge in [0.05, 0.1) is 30.2 Å². The van der Waals surface area contributed by atoms with Crippen LogP contribution >= 0.6 is 0 Å². The molecule has 0 aromatic carbocycles. The number of hydrogen-bond donors (Lipinski definition) is 2. The molecule has 1 aromatic rings. The summed E-state index contributed by atoms with van der Waals surface area (Å²) in [5.41, 5.74) is 8.32. The fourth-order valence-electron chi connectivity index (χ4n) is 2.77. The minimum Gasteiger partial charge on any atom is -0.420 e. The highest BCUT2D eigenvalue weighted by Crippen LogP contribution is 2.25. The molecule has 8 heteroatoms. The maximum atomic E-state index is 12.6. The lowest BCUT2D eigenvalue weighted by Gasteiger charge is -2.26. The van der Waals surface area contributed by atoms with Crippen molar-refractivity contribution in [2.24, 2.45) is 16.6 Å². The molecule has 8 nitrogen and oxygen atoms in total. The molecule has 1 rings (SSSR count). The van der Waals surface area contributed by atoms with E-state index < -0.39 is 0 Å². The van der Waals surface area contributed by atoms with Gasteiger partial charge < -0.3 is 20.4 Å². The van der Waals surface area contributed by atoms with Crippen molar-refractivity contribution in [1.29, 1.82) is 0 Å². The molecule has 0 aliphatic rings. The van der Waals surface area contributed by atoms with Crippen LogP contribution < -0.4 is 11.1 Å². The second kappa shape index (κ2) is 18.8. The predicted octanol–water partition coefficient (Wildman–Crippen LogP) is 6.41. The van der Waals surface area contributed by atoms with Gasteiger partial charge in [-0.3, -0.25) is 9.79 Å². The number of nitrogens with one attached hydrogen (secondary N) is 1. The summed E-state index contributed by atoms with van der Waals surface area (Å²) in [5, 5.41) is 11.2. The molecular formula is C30H52N6O2. The van der Waals surface area contributed by atoms with Gasteiger partial charge in [0, 0.05) is 18.0 Å². The molecule has 38 heavy (non-hydrogen) atoms. The van der Waals surface area contributed by atoms with Gasteiger partial charge in [0.15, 0.2) is 0 Å². The minimum absolute atomic E-state index is 0.0676. The Morgan fingerprint density at radius 2 is 1.79 bits per heavy atom. The van der Waals surface area contributed by atoms with E-state index in [1.54, 1.807) is 11.9 Å². The fraction of sp³-hybridized carbons (Fsp3) is 0.533. The standard InChI is InChI=1S/C20H32N6O2.C8H14.C2H6/c1-12(2)17(13(3)18-24-25-19(28-18)20(5,6)7)23-16(27)11-26(9)14(4)15(21)10-22-8;1-4-5-6-7-8(2)3;1-2/h10,12,17H,3-4,8,11,21H2,1-2,5-7,9H3,(H,23,27);5-7H,4H2,1-3H3;1-2H3/b15-10+;6-5-;. The van der Waals surface area contributed by atoms with E-state index in [0.29, 0.717) is 28.7 Å². The number of carbonyl (C=O) groups excluding carboxylic acids is 1. The quantitative estimate of drug-likeness (QED) is 0.254. The van der Waals surface area contributed by atoms with Gasteiger partial charge in [-0.05, 0) is 32.9 Å². The number of allylic oxidation sites excluding steroid dienone is 4. The van der Waals surface area contributed by atoms with Crippen molar-refractivity contribution in [3.63, 3.8) is 0 Å². The van der Waals surface area contributed by atoms with Crippen LogP contribution in [0.25, 0.3) is 5.57 Å². The van der Waals surface area contributed by atoms with E-state index in [0.717, 1.165) is 6.42 Å². The summed E-state index contributed by atoms with van der Waals surface area (Å²) in [5.74, 6) is 0.709. The number of nitrogens with zero attached hydrogens (tertiary/aromatic N) is 4. The van der Waals surface area contributed by atoms with Gasteiger partial charge in [0.2, 0.25) is 17.7 Å². The molecule has 1 unspecified atom stereocenters. The Hall–Kier alpha value is -3.42. The molecular weight excluding hydrogens is 476 g/mol. The minimum atomic E-state index is -0.356. The lowest BCUT2D eigenvalue weighted by Crippen LogP contribution is -2.44. The number of aromatic nitrogens is 2. The first-order chi connectivity index (χ1) is 17.6. The van der Waals surface area contributed by atoms with Crippen LogP contribution in [-0.2, 0) is 10.2 Å². The van der Waals surface area contributed by atoms with E-state index in [1.165, 1.54) is 11.8 Å². The molecule has 0 spiro atoms. The molecule has 1 heterocycles. The van der Waals surface area contributed by atoms with Crippen LogP contribution in [0.4, 0.5) is 0 Å². The highest BCUT2D eigenvalue weighted by atomic mass is 16.4. The monoisotopic (exact) mass is 528 g/mol. The van der Waals surface area contributed by atoms with Crippen LogP contribution in [0.1, 0.15) is 87.4 Å². The lowest BCUT2D eigenvalue weighted by atomic mass is 9.96. The zero-order valence-corrected chi connectivity index (χ0v) is 25.7. The second-order valence-corrected chi connectivity index (χ2v) is 10.1. The highest BCUT2D eigenvalue weighted by molar-refractivity contribution is 5.81. The topological polar surface area (TPSA) is 110 Å². The molecule has 0 radical (unpaired) electrons. The van der Waals surface area contributed by atoms with Crippen LogP contribution in [0.2, 0.25) is 0 Å². The van der Waals surface area contributed by atoms with Gasteiger partial charge in [-0.1, -0.05) is 92.3 Å². The third-order valence-electron chi connectivity index (χ3n) is 4.91. The van der Waals surface area contributed by atoms with Crippen molar-refractivity contribution in [3.8, 4) is 0 Å². The van der Waals surface area contributed by atoms with E-state index in [1.807, 2.05) is 48.5 Å². The zero-order valence-electron chi connectivity index (χ0n) is 25.7. The molecule has 0 bridgehead atoms. The van der Waals surface area contributed by atoms with Gasteiger partial charge in [-0.15, -0.1) is 10.2 Å². The normalized spacial score (nSPS) is 11.9. The SMILES string of the molecule is C=N/C=C(/N)C(=C)N(C)CC(=O)NC(C(=C)c1nnc(C(C)(C)C)o1)C(C)C.CC.CC/C=C\C=C(C)C. The van der Waals surface area contributed by atoms with E-state index in [9.17, 15) is 4.79 Å². The largest absolute Gasteiger partial charge is 0.420 e. The number of hydrogen-bond acceptors (Lipinski definition) is 7. The first-order valence-corrected chi connectivity index (χ1v) is 13.1. The average Bonchev–Trinajstić information content (AvgIpc) is 3.34. The van der Waals surface area contributed by atoms with E-state index in [4.69, 9.17) is 10.2 Å². The van der Waals surface area contributed by atoms with Crippen molar-refractivity contribution >= 4 is 18.2 Å². The maximum Gasteiger partial charge on any atom is 0.245 e. The summed E-state index contributed by atoms with van der Waals surface area (Å²) < 4.78 is 5.76. The molecule has 0 aliphatic carbocycles. The van der Waals surface area contributed by atoms with Crippen LogP contribution in [0.15, 0.2) is 64.0 Å². The summed E-state index contributed by atoms with van der Waals surface area (Å²) in [6, 6.07) is -0.356. The third kappa shape index (κ3) is 14.4. The molecule has 0 saturated carbocycles. The number of carbonyl (C=O) groups is 1. The Balaban J connectivity index is 0. The van der Waals surface area contributed by atoms with Crippen LogP contribution in [0.5, 0.6) is 0 Å². The summed E-state index contributed by atoms with van der Waals surface area (Å²) in [7, 11) is 1.72. The Bertz CT molecular complexity index is 973. The number of nitrogens with two attached hydrogens (primary N) is 1. The van der Waals surface area contributed by atoms with Crippen molar-refractivity contribution in [2.45, 2.75) is 87.1 Å². The smallest absolute Gasteiger partial charge is 0.245 e. The highest BCUT2D eigenvalue weighted by Gasteiger charge is 2.27. The Kier molecular flexibility index (Phi) is 18.1. The van der Waals surface area contributed by atoms with E-state index in [2.05, 4.69) is 79.4 Å². The van der Waals surface area contributed by atoms with Crippen LogP contribution in [0.3, 0.4) is 0 Å². The summed E-state index contributed by atoms with van der Waals surface area (Å²) >= 11 is 0. The predicted molar refractivity (Wildman–Crippen MR) is 163 cm³/mol. The first-order valence-electron chi connectivity index (χ1n) is 13.1. The molecule has 1 atom stereocenters. The Morgan fingerprint density at radius 1 is 1.21 bits per heavy atom. The van der Waals surface area contributed by atoms with Crippen LogP contribution in [0, 0.1) is 5.92 Å².